The Labute approximate surface area is 159 Å². The smallest absolute Gasteiger partial charge is 0.148 e. The van der Waals surface area contributed by atoms with E-state index in [1.165, 1.54) is 0 Å². The highest BCUT2D eigenvalue weighted by Crippen LogP contribution is 2.32. The number of nitrogens with zero attached hydrogens (tertiary/aromatic N) is 2. The molecule has 0 fully saturated rings. The number of aromatic nitrogens is 2. The zero-order valence-corrected chi connectivity index (χ0v) is 15.0. The lowest BCUT2D eigenvalue weighted by molar-refractivity contribution is 0.582. The van der Waals surface area contributed by atoms with Gasteiger partial charge in [0.2, 0.25) is 0 Å². The SMILES string of the molecule is c1coc(-c2ccc(-c3nnc(-c4ccc(-c5ccco5)cc4)s3)cc2)c1. The highest BCUT2D eigenvalue weighted by Gasteiger charge is 2.10. The molecule has 0 bridgehead atoms. The Hall–Kier alpha value is -3.44. The number of furan rings is 2. The quantitative estimate of drug-likeness (QED) is 0.368. The lowest BCUT2D eigenvalue weighted by atomic mass is 10.1. The first-order valence-corrected chi connectivity index (χ1v) is 9.31. The van der Waals surface area contributed by atoms with E-state index in [4.69, 9.17) is 8.83 Å². The van der Waals surface area contributed by atoms with Gasteiger partial charge < -0.3 is 8.83 Å². The Morgan fingerprint density at radius 3 is 1.30 bits per heavy atom. The Morgan fingerprint density at radius 2 is 0.926 bits per heavy atom. The summed E-state index contributed by atoms with van der Waals surface area (Å²) in [4.78, 5) is 0. The van der Waals surface area contributed by atoms with E-state index in [1.807, 2.05) is 72.8 Å². The first kappa shape index (κ1) is 15.8. The van der Waals surface area contributed by atoms with Crippen molar-refractivity contribution >= 4 is 11.3 Å². The molecule has 3 heterocycles. The summed E-state index contributed by atoms with van der Waals surface area (Å²) >= 11 is 1.58. The van der Waals surface area contributed by atoms with Crippen LogP contribution in [0.3, 0.4) is 0 Å². The van der Waals surface area contributed by atoms with Gasteiger partial charge in [-0.1, -0.05) is 59.9 Å². The van der Waals surface area contributed by atoms with Gasteiger partial charge in [0.05, 0.1) is 12.5 Å². The molecule has 0 unspecified atom stereocenters. The Morgan fingerprint density at radius 1 is 0.519 bits per heavy atom. The van der Waals surface area contributed by atoms with E-state index in [-0.39, 0.29) is 0 Å². The average molecular weight is 370 g/mol. The van der Waals surface area contributed by atoms with Gasteiger partial charge in [0.15, 0.2) is 0 Å². The minimum atomic E-state index is 0.858. The molecule has 0 radical (unpaired) electrons. The van der Waals surface area contributed by atoms with Crippen molar-refractivity contribution in [1.82, 2.24) is 10.2 Å². The van der Waals surface area contributed by atoms with E-state index in [0.717, 1.165) is 43.8 Å². The lowest BCUT2D eigenvalue weighted by Gasteiger charge is -1.99. The summed E-state index contributed by atoms with van der Waals surface area (Å²) < 4.78 is 10.9. The van der Waals surface area contributed by atoms with Crippen molar-refractivity contribution in [3.8, 4) is 43.8 Å². The van der Waals surface area contributed by atoms with E-state index in [9.17, 15) is 0 Å². The van der Waals surface area contributed by atoms with Crippen molar-refractivity contribution in [1.29, 1.82) is 0 Å². The number of benzene rings is 2. The average Bonchev–Trinajstić information content (AvgIpc) is 3.51. The molecule has 0 saturated carbocycles. The Kier molecular flexibility index (Phi) is 3.92. The zero-order chi connectivity index (χ0) is 18.1. The summed E-state index contributed by atoms with van der Waals surface area (Å²) in [5.41, 5.74) is 4.17. The summed E-state index contributed by atoms with van der Waals surface area (Å²) in [7, 11) is 0. The third-order valence-electron chi connectivity index (χ3n) is 4.30. The van der Waals surface area contributed by atoms with Crippen LogP contribution in [0.1, 0.15) is 0 Å². The zero-order valence-electron chi connectivity index (χ0n) is 14.2. The molecule has 27 heavy (non-hydrogen) atoms. The second-order valence-electron chi connectivity index (χ2n) is 6.02. The second-order valence-corrected chi connectivity index (χ2v) is 7.00. The molecule has 0 amide bonds. The maximum Gasteiger partial charge on any atom is 0.148 e. The maximum absolute atomic E-state index is 5.43. The van der Waals surface area contributed by atoms with Crippen molar-refractivity contribution in [2.45, 2.75) is 0 Å². The molecule has 0 atom stereocenters. The molecular weight excluding hydrogens is 356 g/mol. The van der Waals surface area contributed by atoms with Crippen molar-refractivity contribution in [2.24, 2.45) is 0 Å². The first-order valence-electron chi connectivity index (χ1n) is 8.49. The molecule has 5 rings (SSSR count). The van der Waals surface area contributed by atoms with Crippen LogP contribution in [0.4, 0.5) is 0 Å². The molecule has 2 aromatic carbocycles. The molecule has 3 aromatic heterocycles. The molecule has 0 saturated heterocycles. The van der Waals surface area contributed by atoms with Crippen LogP contribution in [0.15, 0.2) is 94.2 Å². The number of rotatable bonds is 4. The molecular formula is C22H14N2O2S. The molecule has 5 aromatic rings. The third kappa shape index (κ3) is 3.09. The molecule has 130 valence electrons. The fourth-order valence-electron chi connectivity index (χ4n) is 2.90. The van der Waals surface area contributed by atoms with Gasteiger partial charge in [-0.15, -0.1) is 10.2 Å². The molecule has 5 heteroatoms. The van der Waals surface area contributed by atoms with Crippen molar-refractivity contribution in [3.05, 3.63) is 85.3 Å². The molecule has 0 aliphatic heterocycles. The van der Waals surface area contributed by atoms with Crippen molar-refractivity contribution in [3.63, 3.8) is 0 Å². The van der Waals surface area contributed by atoms with Crippen LogP contribution in [0.5, 0.6) is 0 Å². The van der Waals surface area contributed by atoms with Gasteiger partial charge in [0, 0.05) is 22.3 Å². The van der Waals surface area contributed by atoms with Gasteiger partial charge >= 0.3 is 0 Å². The Balaban J connectivity index is 1.39. The minimum absolute atomic E-state index is 0.858. The molecule has 0 spiro atoms. The van der Waals surface area contributed by atoms with Crippen LogP contribution in [0.25, 0.3) is 43.8 Å². The summed E-state index contributed by atoms with van der Waals surface area (Å²) in [5.74, 6) is 1.72. The van der Waals surface area contributed by atoms with E-state index < -0.39 is 0 Å². The monoisotopic (exact) mass is 370 g/mol. The van der Waals surface area contributed by atoms with Gasteiger partial charge in [-0.05, 0) is 24.3 Å². The molecule has 0 aliphatic carbocycles. The van der Waals surface area contributed by atoms with E-state index in [1.54, 1.807) is 23.9 Å². The molecule has 0 N–H and O–H groups in total. The summed E-state index contributed by atoms with van der Waals surface area (Å²) in [6.07, 6.45) is 3.36. The van der Waals surface area contributed by atoms with Gasteiger partial charge in [0.25, 0.3) is 0 Å². The summed E-state index contributed by atoms with van der Waals surface area (Å²) in [5, 5.41) is 10.5. The van der Waals surface area contributed by atoms with E-state index >= 15 is 0 Å². The fourth-order valence-corrected chi connectivity index (χ4v) is 3.75. The second kappa shape index (κ2) is 6.70. The number of hydrogen-bond donors (Lipinski definition) is 0. The number of hydrogen-bond acceptors (Lipinski definition) is 5. The maximum atomic E-state index is 5.43. The molecule has 0 aliphatic rings. The highest BCUT2D eigenvalue weighted by atomic mass is 32.1. The van der Waals surface area contributed by atoms with Gasteiger partial charge in [-0.25, -0.2) is 0 Å². The van der Waals surface area contributed by atoms with Crippen molar-refractivity contribution in [2.75, 3.05) is 0 Å². The van der Waals surface area contributed by atoms with Gasteiger partial charge in [-0.3, -0.25) is 0 Å². The van der Waals surface area contributed by atoms with Gasteiger partial charge in [-0.2, -0.15) is 0 Å². The van der Waals surface area contributed by atoms with Crippen molar-refractivity contribution < 1.29 is 8.83 Å². The van der Waals surface area contributed by atoms with E-state index in [2.05, 4.69) is 10.2 Å². The van der Waals surface area contributed by atoms with Crippen LogP contribution in [-0.2, 0) is 0 Å². The van der Waals surface area contributed by atoms with Crippen LogP contribution in [-0.4, -0.2) is 10.2 Å². The van der Waals surface area contributed by atoms with Crippen LogP contribution in [0.2, 0.25) is 0 Å². The molecule has 4 nitrogen and oxygen atoms in total. The first-order chi connectivity index (χ1) is 13.4. The van der Waals surface area contributed by atoms with Crippen LogP contribution < -0.4 is 0 Å². The van der Waals surface area contributed by atoms with Gasteiger partial charge in [0.1, 0.15) is 21.5 Å². The topological polar surface area (TPSA) is 52.1 Å². The normalized spacial score (nSPS) is 11.0. The fraction of sp³-hybridized carbons (Fsp3) is 0. The summed E-state index contributed by atoms with van der Waals surface area (Å²) in [6.45, 7) is 0. The minimum Gasteiger partial charge on any atom is -0.464 e. The predicted molar refractivity (Wildman–Crippen MR) is 106 cm³/mol. The van der Waals surface area contributed by atoms with Crippen LogP contribution in [0, 0.1) is 0 Å². The predicted octanol–water partition coefficient (Wildman–Crippen LogP) is 6.39. The highest BCUT2D eigenvalue weighted by molar-refractivity contribution is 7.17. The lowest BCUT2D eigenvalue weighted by Crippen LogP contribution is -1.79. The largest absolute Gasteiger partial charge is 0.464 e. The van der Waals surface area contributed by atoms with E-state index in [0.29, 0.717) is 0 Å². The standard InChI is InChI=1S/C22H14N2O2S/c1-3-19(25-13-1)15-5-9-17(10-6-15)21-23-24-22(27-21)18-11-7-16(8-12-18)20-4-2-14-26-20/h1-14H. The van der Waals surface area contributed by atoms with Crippen LogP contribution >= 0.6 is 11.3 Å². The Bertz CT molecular complexity index is 1050. The summed E-state index contributed by atoms with van der Waals surface area (Å²) in [6, 6.07) is 24.0. The third-order valence-corrected chi connectivity index (χ3v) is 5.32.